The summed E-state index contributed by atoms with van der Waals surface area (Å²) < 4.78 is 0. The molecule has 1 amide bonds. The highest BCUT2D eigenvalue weighted by Crippen LogP contribution is 2.22. The van der Waals surface area contributed by atoms with Gasteiger partial charge in [0.05, 0.1) is 11.2 Å². The Morgan fingerprint density at radius 1 is 1.48 bits per heavy atom. The average molecular weight is 291 g/mol. The van der Waals surface area contributed by atoms with E-state index in [-0.39, 0.29) is 18.4 Å². The molecule has 5 nitrogen and oxygen atoms in total. The number of nitrogens with zero attached hydrogens (tertiary/aromatic N) is 2. The van der Waals surface area contributed by atoms with Crippen LogP contribution in [0.25, 0.3) is 0 Å². The number of carbonyl (C=O) groups excluding carboxylic acids is 1. The van der Waals surface area contributed by atoms with E-state index in [4.69, 9.17) is 0 Å². The number of amides is 1. The van der Waals surface area contributed by atoms with Crippen LogP contribution in [0.5, 0.6) is 0 Å². The summed E-state index contributed by atoms with van der Waals surface area (Å²) in [6, 6.07) is 3.56. The van der Waals surface area contributed by atoms with Crippen LogP contribution >= 0.6 is 0 Å². The lowest BCUT2D eigenvalue weighted by atomic mass is 9.92. The van der Waals surface area contributed by atoms with Gasteiger partial charge in [-0.05, 0) is 37.8 Å². The molecular formula is C16H25N3O2. The third-order valence-corrected chi connectivity index (χ3v) is 4.29. The Balaban J connectivity index is 2.09. The number of hydrogen-bond acceptors (Lipinski definition) is 4. The molecule has 116 valence electrons. The second-order valence-corrected chi connectivity index (χ2v) is 6.26. The number of anilines is 1. The van der Waals surface area contributed by atoms with Crippen molar-refractivity contribution in [3.05, 3.63) is 23.9 Å². The highest BCUT2D eigenvalue weighted by Gasteiger charge is 2.27. The van der Waals surface area contributed by atoms with Crippen molar-refractivity contribution >= 4 is 11.7 Å². The van der Waals surface area contributed by atoms with E-state index in [2.05, 4.69) is 15.2 Å². The van der Waals surface area contributed by atoms with Crippen molar-refractivity contribution in [2.24, 2.45) is 5.92 Å². The van der Waals surface area contributed by atoms with Gasteiger partial charge >= 0.3 is 0 Å². The van der Waals surface area contributed by atoms with Crippen LogP contribution in [-0.4, -0.2) is 41.2 Å². The minimum Gasteiger partial charge on any atom is -0.388 e. The predicted molar refractivity (Wildman–Crippen MR) is 83.5 cm³/mol. The molecule has 0 aromatic carbocycles. The molecule has 1 fully saturated rings. The first-order chi connectivity index (χ1) is 9.92. The maximum Gasteiger partial charge on any atom is 0.255 e. The number of hydrogen-bond donors (Lipinski definition) is 2. The summed E-state index contributed by atoms with van der Waals surface area (Å²) in [6.07, 6.45) is 3.99. The molecule has 0 saturated carbocycles. The molecule has 1 aromatic heterocycles. The lowest BCUT2D eigenvalue weighted by Gasteiger charge is -2.28. The zero-order valence-electron chi connectivity index (χ0n) is 13.1. The molecular weight excluding hydrogens is 266 g/mol. The number of nitrogens with one attached hydrogen (secondary N) is 1. The Morgan fingerprint density at radius 2 is 2.14 bits per heavy atom. The molecule has 1 saturated heterocycles. The van der Waals surface area contributed by atoms with Gasteiger partial charge in [0.25, 0.3) is 5.91 Å². The van der Waals surface area contributed by atoms with E-state index in [1.165, 1.54) is 0 Å². The van der Waals surface area contributed by atoms with Gasteiger partial charge in [-0.1, -0.05) is 13.8 Å². The van der Waals surface area contributed by atoms with Crippen LogP contribution in [0.2, 0.25) is 0 Å². The van der Waals surface area contributed by atoms with E-state index in [1.54, 1.807) is 25.3 Å². The normalized spacial score (nSPS) is 17.9. The highest BCUT2D eigenvalue weighted by molar-refractivity contribution is 5.98. The Kier molecular flexibility index (Phi) is 4.83. The van der Waals surface area contributed by atoms with Crippen LogP contribution in [0.15, 0.2) is 18.3 Å². The number of aromatic nitrogens is 1. The van der Waals surface area contributed by atoms with E-state index >= 15 is 0 Å². The van der Waals surface area contributed by atoms with Gasteiger partial charge in [0, 0.05) is 25.8 Å². The average Bonchev–Trinajstić information content (AvgIpc) is 2.98. The molecule has 2 rings (SSSR count). The van der Waals surface area contributed by atoms with E-state index in [0.29, 0.717) is 5.56 Å². The Labute approximate surface area is 126 Å². The predicted octanol–water partition coefficient (Wildman–Crippen LogP) is 1.82. The second kappa shape index (κ2) is 6.43. The Morgan fingerprint density at radius 3 is 2.76 bits per heavy atom. The van der Waals surface area contributed by atoms with Crippen molar-refractivity contribution < 1.29 is 9.90 Å². The number of carbonyl (C=O) groups is 1. The first-order valence-corrected chi connectivity index (χ1v) is 7.62. The molecule has 1 aromatic rings. The van der Waals surface area contributed by atoms with E-state index in [1.807, 2.05) is 13.8 Å². The zero-order chi connectivity index (χ0) is 15.5. The summed E-state index contributed by atoms with van der Waals surface area (Å²) in [6.45, 7) is 7.74. The molecule has 0 aliphatic carbocycles. The molecule has 2 N–H and O–H groups in total. The number of rotatable bonds is 5. The van der Waals surface area contributed by atoms with Gasteiger partial charge in [-0.2, -0.15) is 0 Å². The monoisotopic (exact) mass is 291 g/mol. The van der Waals surface area contributed by atoms with Crippen LogP contribution in [0.4, 0.5) is 5.82 Å². The lowest BCUT2D eigenvalue weighted by molar-refractivity contribution is 0.0142. The molecule has 1 unspecified atom stereocenters. The summed E-state index contributed by atoms with van der Waals surface area (Å²) in [7, 11) is 0. The van der Waals surface area contributed by atoms with Crippen molar-refractivity contribution in [3.8, 4) is 0 Å². The van der Waals surface area contributed by atoms with Crippen molar-refractivity contribution in [1.82, 2.24) is 10.3 Å². The highest BCUT2D eigenvalue weighted by atomic mass is 16.3. The van der Waals surface area contributed by atoms with Crippen molar-refractivity contribution in [2.75, 3.05) is 24.5 Å². The van der Waals surface area contributed by atoms with Crippen LogP contribution in [0, 0.1) is 5.92 Å². The molecule has 0 spiro atoms. The van der Waals surface area contributed by atoms with E-state index in [0.717, 1.165) is 31.7 Å². The minimum absolute atomic E-state index is 0.0738. The van der Waals surface area contributed by atoms with Crippen molar-refractivity contribution in [2.45, 2.75) is 39.2 Å². The van der Waals surface area contributed by atoms with Gasteiger partial charge in [0.15, 0.2) is 0 Å². The third kappa shape index (κ3) is 3.73. The fraction of sp³-hybridized carbons (Fsp3) is 0.625. The standard InChI is InChI=1S/C16H25N3O2/c1-12(2)16(3,21)11-18-15(20)13-7-6-8-17-14(13)19-9-4-5-10-19/h6-8,12,21H,4-5,9-11H2,1-3H3,(H,18,20). The summed E-state index contributed by atoms with van der Waals surface area (Å²) in [5.41, 5.74) is -0.329. The van der Waals surface area contributed by atoms with Crippen molar-refractivity contribution in [1.29, 1.82) is 0 Å². The van der Waals surface area contributed by atoms with Crippen LogP contribution in [0.3, 0.4) is 0 Å². The first-order valence-electron chi connectivity index (χ1n) is 7.62. The quantitative estimate of drug-likeness (QED) is 0.868. The maximum atomic E-state index is 12.4. The second-order valence-electron chi connectivity index (χ2n) is 6.26. The van der Waals surface area contributed by atoms with Gasteiger partial charge < -0.3 is 15.3 Å². The van der Waals surface area contributed by atoms with E-state index in [9.17, 15) is 9.90 Å². The Bertz CT molecular complexity index is 494. The minimum atomic E-state index is -0.911. The summed E-state index contributed by atoms with van der Waals surface area (Å²) in [4.78, 5) is 18.9. The number of pyridine rings is 1. The molecule has 21 heavy (non-hydrogen) atoms. The van der Waals surface area contributed by atoms with Crippen LogP contribution in [0.1, 0.15) is 44.0 Å². The van der Waals surface area contributed by atoms with Crippen molar-refractivity contribution in [3.63, 3.8) is 0 Å². The van der Waals surface area contributed by atoms with Gasteiger partial charge in [-0.15, -0.1) is 0 Å². The fourth-order valence-corrected chi connectivity index (χ4v) is 2.31. The molecule has 1 atom stereocenters. The van der Waals surface area contributed by atoms with Gasteiger partial charge in [0.2, 0.25) is 0 Å². The van der Waals surface area contributed by atoms with Crippen LogP contribution in [-0.2, 0) is 0 Å². The van der Waals surface area contributed by atoms with Gasteiger partial charge in [0.1, 0.15) is 5.82 Å². The van der Waals surface area contributed by atoms with E-state index < -0.39 is 5.60 Å². The topological polar surface area (TPSA) is 65.5 Å². The summed E-state index contributed by atoms with van der Waals surface area (Å²) in [5.74, 6) is 0.646. The molecule has 5 heteroatoms. The first kappa shape index (κ1) is 15.8. The SMILES string of the molecule is CC(C)C(C)(O)CNC(=O)c1cccnc1N1CCCC1. The molecule has 0 bridgehead atoms. The molecule has 0 radical (unpaired) electrons. The van der Waals surface area contributed by atoms with Gasteiger partial charge in [-0.25, -0.2) is 4.98 Å². The molecule has 1 aliphatic heterocycles. The maximum absolute atomic E-state index is 12.4. The summed E-state index contributed by atoms with van der Waals surface area (Å²) in [5, 5.41) is 13.1. The fourth-order valence-electron chi connectivity index (χ4n) is 2.31. The third-order valence-electron chi connectivity index (χ3n) is 4.29. The smallest absolute Gasteiger partial charge is 0.255 e. The molecule has 2 heterocycles. The Hall–Kier alpha value is -1.62. The molecule has 1 aliphatic rings. The lowest BCUT2D eigenvalue weighted by Crippen LogP contribution is -2.44. The summed E-state index contributed by atoms with van der Waals surface area (Å²) >= 11 is 0. The van der Waals surface area contributed by atoms with Gasteiger partial charge in [-0.3, -0.25) is 4.79 Å². The number of aliphatic hydroxyl groups is 1. The van der Waals surface area contributed by atoms with Crippen LogP contribution < -0.4 is 10.2 Å². The largest absolute Gasteiger partial charge is 0.388 e. The zero-order valence-corrected chi connectivity index (χ0v) is 13.1.